The smallest absolute Gasteiger partial charge is 0.264 e. The molecule has 0 N–H and O–H groups in total. The quantitative estimate of drug-likeness (QED) is 0.212. The number of hydrogen-bond acceptors (Lipinski definition) is 6. The van der Waals surface area contributed by atoms with Gasteiger partial charge < -0.3 is 9.14 Å². The van der Waals surface area contributed by atoms with Crippen molar-refractivity contribution in [2.24, 2.45) is 0 Å². The van der Waals surface area contributed by atoms with Crippen LogP contribution < -0.4 is 10.2 Å². The maximum absolute atomic E-state index is 13.5. The van der Waals surface area contributed by atoms with Crippen LogP contribution in [0.4, 0.5) is 0 Å². The molecule has 0 atom stereocenters. The molecule has 0 amide bonds. The molecule has 9 heteroatoms. The van der Waals surface area contributed by atoms with E-state index in [1.54, 1.807) is 18.5 Å². The van der Waals surface area contributed by atoms with Crippen LogP contribution in [-0.2, 0) is 20.7 Å². The van der Waals surface area contributed by atoms with Crippen molar-refractivity contribution in [3.63, 3.8) is 0 Å². The van der Waals surface area contributed by atoms with Gasteiger partial charge >= 0.3 is 0 Å². The molecule has 3 aromatic heterocycles. The van der Waals surface area contributed by atoms with E-state index in [9.17, 15) is 13.2 Å². The largest absolute Gasteiger partial charge is 0.493 e. The second-order valence-corrected chi connectivity index (χ2v) is 10.7. The second kappa shape index (κ2) is 8.98. The van der Waals surface area contributed by atoms with E-state index in [4.69, 9.17) is 8.92 Å². The van der Waals surface area contributed by atoms with Crippen LogP contribution in [0.1, 0.15) is 17.5 Å². The first-order valence-electron chi connectivity index (χ1n) is 10.7. The maximum Gasteiger partial charge on any atom is 0.264 e. The van der Waals surface area contributed by atoms with Crippen molar-refractivity contribution in [3.8, 4) is 5.75 Å². The highest BCUT2D eigenvalue weighted by molar-refractivity contribution is 9.10. The number of fused-ring (bicyclic) bond motifs is 3. The number of ether oxygens (including phenoxy) is 1. The molecule has 0 saturated heterocycles. The standard InChI is InChI=1S/C25H21BrN2O5S/c1-34(30,31)33-9-3-8-32-19-12-21-20-6-5-18(26)11-23(20)28-15-17(10-16-4-2-7-27-14-16)25(29)22(13-19)24(21)28/h2,4-7,11-15H,3,8-10H2,1H3. The number of aromatic nitrogens is 2. The minimum atomic E-state index is -3.48. The highest BCUT2D eigenvalue weighted by Gasteiger charge is 2.18. The van der Waals surface area contributed by atoms with Gasteiger partial charge in [-0.05, 0) is 35.9 Å². The topological polar surface area (TPSA) is 87.0 Å². The highest BCUT2D eigenvalue weighted by atomic mass is 79.9. The fourth-order valence-corrected chi connectivity index (χ4v) is 4.98. The lowest BCUT2D eigenvalue weighted by molar-refractivity contribution is 0.252. The SMILES string of the molecule is CS(=O)(=O)OCCCOc1cc2c(=O)c(Cc3cccnc3)cn3c4cc(Br)ccc4c(c1)c23. The molecule has 0 bridgehead atoms. The summed E-state index contributed by atoms with van der Waals surface area (Å²) in [5.74, 6) is 0.555. The average molecular weight is 541 g/mol. The minimum absolute atomic E-state index is 0.0399. The molecule has 0 aliphatic heterocycles. The van der Waals surface area contributed by atoms with Crippen LogP contribution >= 0.6 is 15.9 Å². The Bertz CT molecular complexity index is 1670. The van der Waals surface area contributed by atoms with Crippen LogP contribution in [0.3, 0.4) is 0 Å². The summed E-state index contributed by atoms with van der Waals surface area (Å²) >= 11 is 3.56. The summed E-state index contributed by atoms with van der Waals surface area (Å²) in [7, 11) is -3.48. The molecule has 0 saturated carbocycles. The molecule has 5 rings (SSSR count). The predicted molar refractivity (Wildman–Crippen MR) is 136 cm³/mol. The molecule has 34 heavy (non-hydrogen) atoms. The maximum atomic E-state index is 13.5. The molecule has 7 nitrogen and oxygen atoms in total. The molecule has 0 unspecified atom stereocenters. The Morgan fingerprint density at radius 2 is 1.88 bits per heavy atom. The van der Waals surface area contributed by atoms with Crippen LogP contribution in [0.25, 0.3) is 27.2 Å². The highest BCUT2D eigenvalue weighted by Crippen LogP contribution is 2.35. The van der Waals surface area contributed by atoms with Gasteiger partial charge in [-0.25, -0.2) is 0 Å². The van der Waals surface area contributed by atoms with Gasteiger partial charge in [-0.1, -0.05) is 28.1 Å². The summed E-state index contributed by atoms with van der Waals surface area (Å²) in [5, 5.41) is 2.51. The number of hydrogen-bond donors (Lipinski definition) is 0. The molecule has 0 radical (unpaired) electrons. The third kappa shape index (κ3) is 4.51. The molecule has 3 heterocycles. The number of halogens is 1. The predicted octanol–water partition coefficient (Wildman–Crippen LogP) is 4.54. The van der Waals surface area contributed by atoms with Crippen molar-refractivity contribution in [3.05, 3.63) is 86.9 Å². The molecule has 0 fully saturated rings. The molecular weight excluding hydrogens is 520 g/mol. The van der Waals surface area contributed by atoms with Gasteiger partial charge in [0.25, 0.3) is 10.1 Å². The van der Waals surface area contributed by atoms with Crippen molar-refractivity contribution in [2.75, 3.05) is 19.5 Å². The van der Waals surface area contributed by atoms with Crippen LogP contribution in [0.5, 0.6) is 5.75 Å². The summed E-state index contributed by atoms with van der Waals surface area (Å²) in [6.45, 7) is 0.301. The Morgan fingerprint density at radius 1 is 1.06 bits per heavy atom. The van der Waals surface area contributed by atoms with Gasteiger partial charge in [-0.3, -0.25) is 14.0 Å². The van der Waals surface area contributed by atoms with Gasteiger partial charge in [0.2, 0.25) is 0 Å². The van der Waals surface area contributed by atoms with E-state index < -0.39 is 10.1 Å². The Balaban J connectivity index is 1.60. The summed E-state index contributed by atoms with van der Waals surface area (Å²) in [6, 6.07) is 13.5. The van der Waals surface area contributed by atoms with E-state index >= 15 is 0 Å². The Kier molecular flexibility index (Phi) is 6.01. The molecule has 0 aliphatic carbocycles. The van der Waals surface area contributed by atoms with Crippen LogP contribution in [0.2, 0.25) is 0 Å². The van der Waals surface area contributed by atoms with Crippen molar-refractivity contribution >= 4 is 53.2 Å². The average Bonchev–Trinajstić information content (AvgIpc) is 3.10. The number of rotatable bonds is 8. The zero-order chi connectivity index (χ0) is 23.9. The molecule has 2 aromatic carbocycles. The number of benzene rings is 2. The molecule has 0 spiro atoms. The van der Waals surface area contributed by atoms with Gasteiger partial charge in [0.1, 0.15) is 5.75 Å². The van der Waals surface area contributed by atoms with E-state index in [0.29, 0.717) is 29.5 Å². The summed E-state index contributed by atoms with van der Waals surface area (Å²) in [6.07, 6.45) is 7.28. The summed E-state index contributed by atoms with van der Waals surface area (Å²) in [4.78, 5) is 17.7. The lowest BCUT2D eigenvalue weighted by atomic mass is 10.0. The lowest BCUT2D eigenvalue weighted by Gasteiger charge is -2.10. The van der Waals surface area contributed by atoms with Crippen molar-refractivity contribution < 1.29 is 17.3 Å². The zero-order valence-electron chi connectivity index (χ0n) is 18.3. The van der Waals surface area contributed by atoms with Crippen molar-refractivity contribution in [2.45, 2.75) is 12.8 Å². The second-order valence-electron chi connectivity index (χ2n) is 8.15. The van der Waals surface area contributed by atoms with E-state index in [2.05, 4.69) is 25.3 Å². The molecule has 0 aliphatic rings. The normalized spacial score (nSPS) is 12.2. The summed E-state index contributed by atoms with van der Waals surface area (Å²) in [5.41, 5.74) is 3.41. The Labute approximate surface area is 204 Å². The van der Waals surface area contributed by atoms with Crippen molar-refractivity contribution in [1.82, 2.24) is 9.38 Å². The minimum Gasteiger partial charge on any atom is -0.493 e. The third-order valence-electron chi connectivity index (χ3n) is 5.63. The van der Waals surface area contributed by atoms with E-state index in [-0.39, 0.29) is 18.6 Å². The van der Waals surface area contributed by atoms with Gasteiger partial charge in [0, 0.05) is 52.2 Å². The van der Waals surface area contributed by atoms with Crippen LogP contribution in [0, 0.1) is 0 Å². The third-order valence-corrected chi connectivity index (χ3v) is 6.72. The van der Waals surface area contributed by atoms with Crippen LogP contribution in [0.15, 0.2) is 70.3 Å². The zero-order valence-corrected chi connectivity index (χ0v) is 20.7. The van der Waals surface area contributed by atoms with Crippen LogP contribution in [-0.4, -0.2) is 37.3 Å². The first-order valence-corrected chi connectivity index (χ1v) is 13.3. The van der Waals surface area contributed by atoms with Gasteiger partial charge in [-0.2, -0.15) is 8.42 Å². The van der Waals surface area contributed by atoms with E-state index in [0.717, 1.165) is 38.1 Å². The first kappa shape index (κ1) is 22.8. The summed E-state index contributed by atoms with van der Waals surface area (Å²) < 4.78 is 36.0. The molecule has 174 valence electrons. The number of pyridine rings is 2. The van der Waals surface area contributed by atoms with E-state index in [1.807, 2.05) is 42.6 Å². The van der Waals surface area contributed by atoms with Crippen molar-refractivity contribution in [1.29, 1.82) is 0 Å². The monoisotopic (exact) mass is 540 g/mol. The molecule has 5 aromatic rings. The fraction of sp³-hybridized carbons (Fsp3) is 0.200. The first-order chi connectivity index (χ1) is 16.3. The Hall–Kier alpha value is -3.01. The Morgan fingerprint density at radius 3 is 2.65 bits per heavy atom. The number of nitrogens with zero attached hydrogens (tertiary/aromatic N) is 2. The van der Waals surface area contributed by atoms with Gasteiger partial charge in [-0.15, -0.1) is 0 Å². The van der Waals surface area contributed by atoms with Gasteiger partial charge in [0.05, 0.1) is 35.9 Å². The van der Waals surface area contributed by atoms with E-state index in [1.165, 1.54) is 0 Å². The van der Waals surface area contributed by atoms with Gasteiger partial charge in [0.15, 0.2) is 5.43 Å². The fourth-order valence-electron chi connectivity index (χ4n) is 4.21. The lowest BCUT2D eigenvalue weighted by Crippen LogP contribution is -2.12. The molecular formula is C25H21BrN2O5S.